The molecule has 0 amide bonds. The predicted octanol–water partition coefficient (Wildman–Crippen LogP) is 2.93. The molecule has 0 aliphatic heterocycles. The maximum atomic E-state index is 10.1. The van der Waals surface area contributed by atoms with Crippen LogP contribution in [0.2, 0.25) is 0 Å². The second-order valence-corrected chi connectivity index (χ2v) is 6.65. The number of hydrogen-bond acceptors (Lipinski definition) is 1. The fourth-order valence-corrected chi connectivity index (χ4v) is 4.69. The lowest BCUT2D eigenvalue weighted by molar-refractivity contribution is 0.270. The molecule has 1 aliphatic carbocycles. The lowest BCUT2D eigenvalue weighted by Gasteiger charge is -2.22. The topological polar surface area (TPSA) is 20.2 Å². The maximum absolute atomic E-state index is 10.1. The quantitative estimate of drug-likeness (QED) is 0.847. The van der Waals surface area contributed by atoms with Crippen LogP contribution in [-0.2, 0) is 0 Å². The van der Waals surface area contributed by atoms with Gasteiger partial charge in [0.25, 0.3) is 0 Å². The molecular formula is C17H15OP. The molecule has 2 aromatic carbocycles. The van der Waals surface area contributed by atoms with Gasteiger partial charge in [-0.1, -0.05) is 78.9 Å². The largest absolute Gasteiger partial charge is 0.384 e. The molecule has 0 aromatic heterocycles. The molecule has 1 N–H and O–H groups in total. The van der Waals surface area contributed by atoms with Gasteiger partial charge in [0.2, 0.25) is 0 Å². The van der Waals surface area contributed by atoms with Gasteiger partial charge >= 0.3 is 0 Å². The van der Waals surface area contributed by atoms with Crippen molar-refractivity contribution in [1.29, 1.82) is 0 Å². The van der Waals surface area contributed by atoms with E-state index in [1.54, 1.807) is 0 Å². The highest BCUT2D eigenvalue weighted by Crippen LogP contribution is 2.46. The van der Waals surface area contributed by atoms with Gasteiger partial charge < -0.3 is 5.11 Å². The summed E-state index contributed by atoms with van der Waals surface area (Å²) in [6, 6.07) is 20.9. The number of benzene rings is 2. The van der Waals surface area contributed by atoms with E-state index in [1.165, 1.54) is 10.6 Å². The van der Waals surface area contributed by atoms with Gasteiger partial charge in [-0.25, -0.2) is 0 Å². The summed E-state index contributed by atoms with van der Waals surface area (Å²) < 4.78 is 0. The Balaban J connectivity index is 2.07. The van der Waals surface area contributed by atoms with E-state index in [9.17, 15) is 5.11 Å². The van der Waals surface area contributed by atoms with Crippen molar-refractivity contribution in [2.45, 2.75) is 6.10 Å². The Kier molecular flexibility index (Phi) is 3.59. The first-order chi connectivity index (χ1) is 9.36. The van der Waals surface area contributed by atoms with Crippen molar-refractivity contribution >= 4 is 18.5 Å². The minimum atomic E-state index is -0.643. The van der Waals surface area contributed by atoms with E-state index in [1.807, 2.05) is 24.3 Å². The molecule has 0 saturated heterocycles. The van der Waals surface area contributed by atoms with E-state index in [0.717, 1.165) is 5.31 Å². The number of rotatable bonds is 3. The average molecular weight is 266 g/mol. The Hall–Kier alpha value is -1.69. The minimum absolute atomic E-state index is 0.452. The van der Waals surface area contributed by atoms with Crippen LogP contribution in [0.5, 0.6) is 0 Å². The van der Waals surface area contributed by atoms with E-state index in [0.29, 0.717) is 0 Å². The zero-order valence-corrected chi connectivity index (χ0v) is 11.4. The molecule has 1 nitrogen and oxygen atoms in total. The molecule has 1 atom stereocenters. The third kappa shape index (κ3) is 2.53. The van der Waals surface area contributed by atoms with Gasteiger partial charge in [0, 0.05) is 0 Å². The zero-order chi connectivity index (χ0) is 13.1. The molecule has 19 heavy (non-hydrogen) atoms. The summed E-state index contributed by atoms with van der Waals surface area (Å²) in [5, 5.41) is 13.8. The standard InChI is InChI=1S/C17H15OP/c18-16-12-7-13-17(16)19(14-8-3-1-4-9-14)15-10-5-2-6-11-15/h1-13,16,18H. The average Bonchev–Trinajstić information content (AvgIpc) is 2.88. The third-order valence-electron chi connectivity index (χ3n) is 3.15. The molecule has 0 heterocycles. The van der Waals surface area contributed by atoms with Crippen LogP contribution in [0.1, 0.15) is 0 Å². The Bertz CT molecular complexity index is 562. The molecule has 1 aliphatic rings. The van der Waals surface area contributed by atoms with Gasteiger partial charge in [-0.2, -0.15) is 0 Å². The van der Waals surface area contributed by atoms with Crippen LogP contribution in [0, 0.1) is 0 Å². The molecule has 3 rings (SSSR count). The summed E-state index contributed by atoms with van der Waals surface area (Å²) in [6.45, 7) is 0. The molecule has 0 radical (unpaired) electrons. The molecule has 0 spiro atoms. The lowest BCUT2D eigenvalue weighted by atomic mass is 10.4. The first-order valence-corrected chi connectivity index (χ1v) is 7.67. The molecule has 2 aromatic rings. The highest BCUT2D eigenvalue weighted by molar-refractivity contribution is 7.76. The van der Waals surface area contributed by atoms with Crippen molar-refractivity contribution in [3.63, 3.8) is 0 Å². The first-order valence-electron chi connectivity index (χ1n) is 6.33. The third-order valence-corrected chi connectivity index (χ3v) is 5.71. The molecule has 1 unspecified atom stereocenters. The van der Waals surface area contributed by atoms with Gasteiger partial charge in [0.05, 0.1) is 6.10 Å². The second kappa shape index (κ2) is 5.52. The number of aliphatic hydroxyl groups is 1. The first kappa shape index (κ1) is 12.3. The molecule has 0 bridgehead atoms. The lowest BCUT2D eigenvalue weighted by Crippen LogP contribution is -2.17. The summed E-state index contributed by atoms with van der Waals surface area (Å²) in [6.07, 6.45) is 5.39. The fraction of sp³-hybridized carbons (Fsp3) is 0.0588. The van der Waals surface area contributed by atoms with Gasteiger partial charge in [-0.05, 0) is 23.8 Å². The van der Waals surface area contributed by atoms with Crippen LogP contribution < -0.4 is 10.6 Å². The minimum Gasteiger partial charge on any atom is -0.384 e. The SMILES string of the molecule is OC1C=CC=C1P(c1ccccc1)c1ccccc1. The molecule has 2 heteroatoms. The highest BCUT2D eigenvalue weighted by Gasteiger charge is 2.24. The van der Waals surface area contributed by atoms with Crippen molar-refractivity contribution in [2.24, 2.45) is 0 Å². The summed E-state index contributed by atoms with van der Waals surface area (Å²) in [7, 11) is -0.643. The molecule has 0 fully saturated rings. The van der Waals surface area contributed by atoms with Crippen LogP contribution in [-0.4, -0.2) is 11.2 Å². The van der Waals surface area contributed by atoms with Crippen LogP contribution in [0.15, 0.2) is 84.2 Å². The summed E-state index contributed by atoms with van der Waals surface area (Å²) in [4.78, 5) is 0. The van der Waals surface area contributed by atoms with E-state index in [4.69, 9.17) is 0 Å². The monoisotopic (exact) mass is 266 g/mol. The Morgan fingerprint density at radius 3 is 1.74 bits per heavy atom. The van der Waals surface area contributed by atoms with Crippen molar-refractivity contribution in [3.05, 3.63) is 84.2 Å². The van der Waals surface area contributed by atoms with Crippen LogP contribution in [0.3, 0.4) is 0 Å². The zero-order valence-electron chi connectivity index (χ0n) is 10.5. The van der Waals surface area contributed by atoms with Crippen LogP contribution >= 0.6 is 7.92 Å². The van der Waals surface area contributed by atoms with E-state index in [-0.39, 0.29) is 0 Å². The van der Waals surface area contributed by atoms with Crippen molar-refractivity contribution in [3.8, 4) is 0 Å². The van der Waals surface area contributed by atoms with E-state index >= 15 is 0 Å². The summed E-state index contributed by atoms with van der Waals surface area (Å²) in [5.41, 5.74) is 0. The molecular weight excluding hydrogens is 251 g/mol. The maximum Gasteiger partial charge on any atom is 0.0985 e. The number of hydrogen-bond donors (Lipinski definition) is 1. The second-order valence-electron chi connectivity index (χ2n) is 4.43. The Labute approximate surface area is 114 Å². The van der Waals surface area contributed by atoms with Gasteiger partial charge in [0.1, 0.15) is 0 Å². The van der Waals surface area contributed by atoms with Crippen molar-refractivity contribution < 1.29 is 5.11 Å². The number of aliphatic hydroxyl groups excluding tert-OH is 1. The predicted molar refractivity (Wildman–Crippen MR) is 82.3 cm³/mol. The Morgan fingerprint density at radius 1 is 0.789 bits per heavy atom. The smallest absolute Gasteiger partial charge is 0.0985 e. The van der Waals surface area contributed by atoms with Gasteiger partial charge in [-0.15, -0.1) is 0 Å². The van der Waals surface area contributed by atoms with Crippen molar-refractivity contribution in [1.82, 2.24) is 0 Å². The van der Waals surface area contributed by atoms with Gasteiger partial charge in [0.15, 0.2) is 0 Å². The number of allylic oxidation sites excluding steroid dienone is 2. The fourth-order valence-electron chi connectivity index (χ4n) is 2.26. The van der Waals surface area contributed by atoms with E-state index < -0.39 is 14.0 Å². The molecule has 94 valence electrons. The van der Waals surface area contributed by atoms with Gasteiger partial charge in [-0.3, -0.25) is 0 Å². The van der Waals surface area contributed by atoms with Crippen molar-refractivity contribution in [2.75, 3.05) is 0 Å². The Morgan fingerprint density at radius 2 is 1.32 bits per heavy atom. The molecule has 0 saturated carbocycles. The summed E-state index contributed by atoms with van der Waals surface area (Å²) >= 11 is 0. The van der Waals surface area contributed by atoms with E-state index in [2.05, 4.69) is 54.6 Å². The van der Waals surface area contributed by atoms with Crippen LogP contribution in [0.4, 0.5) is 0 Å². The normalized spacial score (nSPS) is 17.8. The highest BCUT2D eigenvalue weighted by atomic mass is 31.1. The van der Waals surface area contributed by atoms with Crippen LogP contribution in [0.25, 0.3) is 0 Å². The summed E-state index contributed by atoms with van der Waals surface area (Å²) in [5.74, 6) is 0.